The summed E-state index contributed by atoms with van der Waals surface area (Å²) in [6.07, 6.45) is -2.11. The van der Waals surface area contributed by atoms with E-state index in [1.807, 2.05) is 0 Å². The van der Waals surface area contributed by atoms with Crippen LogP contribution in [-0.4, -0.2) is 22.5 Å². The second-order valence-electron chi connectivity index (χ2n) is 3.00. The molecule has 18 heavy (non-hydrogen) atoms. The molecule has 0 saturated carbocycles. The van der Waals surface area contributed by atoms with Crippen molar-refractivity contribution in [3.8, 4) is 0 Å². The molecule has 0 aromatic carbocycles. The minimum atomic E-state index is -3.03. The molecule has 0 atom stereocenters. The lowest BCUT2D eigenvalue weighted by atomic mass is 10.1. The largest absolute Gasteiger partial charge is 0.462 e. The molecule has 0 bridgehead atoms. The van der Waals surface area contributed by atoms with Gasteiger partial charge in [0.1, 0.15) is 0 Å². The number of nitrogens with zero attached hydrogens (tertiary/aromatic N) is 2. The zero-order valence-electron chi connectivity index (χ0n) is 9.02. The van der Waals surface area contributed by atoms with Crippen molar-refractivity contribution in [2.75, 3.05) is 6.61 Å². The molecule has 0 unspecified atom stereocenters. The standard InChI is InChI=1S/C9H7F2IN2O4/c1-2-18-9(15)6-5(7(10)11)4(12)3-13-8(6)14(16)17/h3,7H,2H2,1H3. The number of rotatable bonds is 4. The minimum absolute atomic E-state index is 0.0312. The third-order valence-electron chi connectivity index (χ3n) is 1.92. The fourth-order valence-corrected chi connectivity index (χ4v) is 1.89. The van der Waals surface area contributed by atoms with Gasteiger partial charge < -0.3 is 14.9 Å². The number of carbonyl (C=O) groups is 1. The summed E-state index contributed by atoms with van der Waals surface area (Å²) < 4.78 is 30.3. The van der Waals surface area contributed by atoms with E-state index in [1.54, 1.807) is 0 Å². The minimum Gasteiger partial charge on any atom is -0.462 e. The molecule has 0 aliphatic rings. The maximum atomic E-state index is 12.9. The van der Waals surface area contributed by atoms with Crippen LogP contribution in [0.15, 0.2) is 6.20 Å². The molecule has 0 N–H and O–H groups in total. The molecule has 0 fully saturated rings. The maximum absolute atomic E-state index is 12.9. The first-order chi connectivity index (χ1) is 8.40. The quantitative estimate of drug-likeness (QED) is 0.351. The Hall–Kier alpha value is -1.39. The first-order valence-electron chi connectivity index (χ1n) is 4.68. The van der Waals surface area contributed by atoms with E-state index in [0.29, 0.717) is 0 Å². The van der Waals surface area contributed by atoms with Crippen LogP contribution in [0.3, 0.4) is 0 Å². The molecule has 1 heterocycles. The van der Waals surface area contributed by atoms with Gasteiger partial charge in [-0.2, -0.15) is 0 Å². The second-order valence-corrected chi connectivity index (χ2v) is 4.16. The van der Waals surface area contributed by atoms with Crippen molar-refractivity contribution in [2.45, 2.75) is 13.3 Å². The number of pyridine rings is 1. The highest BCUT2D eigenvalue weighted by Crippen LogP contribution is 2.32. The zero-order valence-corrected chi connectivity index (χ0v) is 11.2. The summed E-state index contributed by atoms with van der Waals surface area (Å²) >= 11 is 1.53. The van der Waals surface area contributed by atoms with Crippen molar-refractivity contribution >= 4 is 34.4 Å². The summed E-state index contributed by atoms with van der Waals surface area (Å²) in [4.78, 5) is 24.6. The van der Waals surface area contributed by atoms with Gasteiger partial charge in [-0.25, -0.2) is 13.6 Å². The fourth-order valence-electron chi connectivity index (χ4n) is 1.25. The molecule has 9 heteroatoms. The van der Waals surface area contributed by atoms with Crippen molar-refractivity contribution in [1.29, 1.82) is 0 Å². The number of halogens is 3. The highest BCUT2D eigenvalue weighted by Gasteiger charge is 2.33. The van der Waals surface area contributed by atoms with Crippen molar-refractivity contribution in [3.05, 3.63) is 31.0 Å². The zero-order chi connectivity index (χ0) is 13.9. The van der Waals surface area contributed by atoms with Crippen LogP contribution in [-0.2, 0) is 4.74 Å². The number of aromatic nitrogens is 1. The Morgan fingerprint density at radius 3 is 2.72 bits per heavy atom. The van der Waals surface area contributed by atoms with E-state index in [2.05, 4.69) is 9.72 Å². The molecule has 0 aliphatic heterocycles. The van der Waals surface area contributed by atoms with Crippen LogP contribution >= 0.6 is 22.6 Å². The summed E-state index contributed by atoms with van der Waals surface area (Å²) in [6.45, 7) is 1.39. The van der Waals surface area contributed by atoms with Crippen LogP contribution in [0, 0.1) is 13.7 Å². The smallest absolute Gasteiger partial charge is 0.378 e. The Kier molecular flexibility index (Phi) is 4.87. The van der Waals surface area contributed by atoms with Crippen LogP contribution in [0.1, 0.15) is 29.3 Å². The SMILES string of the molecule is CCOC(=O)c1c([N+](=O)[O-])ncc(I)c1C(F)F. The first-order valence-corrected chi connectivity index (χ1v) is 5.76. The van der Waals surface area contributed by atoms with Gasteiger partial charge in [0.2, 0.25) is 0 Å². The predicted octanol–water partition coefficient (Wildman–Crippen LogP) is 2.71. The van der Waals surface area contributed by atoms with E-state index in [-0.39, 0.29) is 10.2 Å². The van der Waals surface area contributed by atoms with Gasteiger partial charge in [-0.1, -0.05) is 0 Å². The Morgan fingerprint density at radius 2 is 2.28 bits per heavy atom. The van der Waals surface area contributed by atoms with Gasteiger partial charge in [0.25, 0.3) is 6.43 Å². The number of hydrogen-bond acceptors (Lipinski definition) is 5. The monoisotopic (exact) mass is 372 g/mol. The summed E-state index contributed by atoms with van der Waals surface area (Å²) in [7, 11) is 0. The van der Waals surface area contributed by atoms with Gasteiger partial charge in [0.15, 0.2) is 11.8 Å². The number of alkyl halides is 2. The van der Waals surface area contributed by atoms with E-state index in [9.17, 15) is 23.7 Å². The van der Waals surface area contributed by atoms with Crippen molar-refractivity contribution in [1.82, 2.24) is 4.98 Å². The Labute approximate surface area is 114 Å². The number of carbonyl (C=O) groups excluding carboxylic acids is 1. The molecule has 98 valence electrons. The number of nitro groups is 1. The molecule has 1 aromatic heterocycles. The molecule has 0 spiro atoms. The molecular formula is C9H7F2IN2O4. The number of esters is 1. The van der Waals surface area contributed by atoms with Crippen molar-refractivity contribution < 1.29 is 23.2 Å². The summed E-state index contributed by atoms with van der Waals surface area (Å²) in [6, 6.07) is 0. The van der Waals surface area contributed by atoms with E-state index in [0.717, 1.165) is 6.20 Å². The topological polar surface area (TPSA) is 82.3 Å². The lowest BCUT2D eigenvalue weighted by molar-refractivity contribution is -0.390. The second kappa shape index (κ2) is 5.98. The van der Waals surface area contributed by atoms with Gasteiger partial charge in [-0.3, -0.25) is 0 Å². The van der Waals surface area contributed by atoms with Crippen LogP contribution in [0.2, 0.25) is 0 Å². The summed E-state index contributed by atoms with van der Waals surface area (Å²) in [5.74, 6) is -2.10. The van der Waals surface area contributed by atoms with Crippen LogP contribution < -0.4 is 0 Å². The number of hydrogen-bond donors (Lipinski definition) is 0. The van der Waals surface area contributed by atoms with E-state index >= 15 is 0 Å². The Bertz CT molecular complexity index is 496. The number of ether oxygens (including phenoxy) is 1. The molecule has 0 saturated heterocycles. The van der Waals surface area contributed by atoms with Crippen molar-refractivity contribution in [3.63, 3.8) is 0 Å². The van der Waals surface area contributed by atoms with E-state index < -0.39 is 34.3 Å². The maximum Gasteiger partial charge on any atom is 0.378 e. The van der Waals surface area contributed by atoms with Gasteiger partial charge in [0, 0.05) is 0 Å². The van der Waals surface area contributed by atoms with Crippen LogP contribution in [0.5, 0.6) is 0 Å². The van der Waals surface area contributed by atoms with E-state index in [1.165, 1.54) is 29.5 Å². The predicted molar refractivity (Wildman–Crippen MR) is 64.5 cm³/mol. The molecule has 0 aliphatic carbocycles. The average molecular weight is 372 g/mol. The third kappa shape index (κ3) is 2.89. The van der Waals surface area contributed by atoms with Gasteiger partial charge in [-0.05, 0) is 39.4 Å². The van der Waals surface area contributed by atoms with Crippen LogP contribution in [0.25, 0.3) is 0 Å². The Morgan fingerprint density at radius 1 is 1.67 bits per heavy atom. The van der Waals surface area contributed by atoms with Gasteiger partial charge >= 0.3 is 11.8 Å². The van der Waals surface area contributed by atoms with Crippen molar-refractivity contribution in [2.24, 2.45) is 0 Å². The molecule has 1 rings (SSSR count). The van der Waals surface area contributed by atoms with Gasteiger partial charge in [0.05, 0.1) is 15.7 Å². The lowest BCUT2D eigenvalue weighted by Gasteiger charge is -2.09. The summed E-state index contributed by atoms with van der Waals surface area (Å²) in [5.41, 5.74) is -1.51. The molecular weight excluding hydrogens is 365 g/mol. The molecule has 6 nitrogen and oxygen atoms in total. The van der Waals surface area contributed by atoms with Crippen LogP contribution in [0.4, 0.5) is 14.6 Å². The lowest BCUT2D eigenvalue weighted by Crippen LogP contribution is -2.14. The summed E-state index contributed by atoms with van der Waals surface area (Å²) in [5, 5.41) is 10.7. The average Bonchev–Trinajstić information content (AvgIpc) is 2.27. The van der Waals surface area contributed by atoms with Gasteiger partial charge in [-0.15, -0.1) is 0 Å². The molecule has 0 amide bonds. The highest BCUT2D eigenvalue weighted by atomic mass is 127. The third-order valence-corrected chi connectivity index (χ3v) is 2.78. The first kappa shape index (κ1) is 14.7. The molecule has 1 aromatic rings. The molecule has 0 radical (unpaired) electrons. The highest BCUT2D eigenvalue weighted by molar-refractivity contribution is 14.1. The normalized spacial score (nSPS) is 10.5. The Balaban J connectivity index is 3.53. The fraction of sp³-hybridized carbons (Fsp3) is 0.333. The van der Waals surface area contributed by atoms with E-state index in [4.69, 9.17) is 0 Å².